The van der Waals surface area contributed by atoms with Crippen LogP contribution in [-0.4, -0.2) is 39.5 Å². The van der Waals surface area contributed by atoms with Gasteiger partial charge in [0.15, 0.2) is 0 Å². The minimum Gasteiger partial charge on any atom is -0.481 e. The molecule has 2 aromatic carbocycles. The van der Waals surface area contributed by atoms with Gasteiger partial charge in [-0.15, -0.1) is 0 Å². The van der Waals surface area contributed by atoms with Crippen molar-refractivity contribution in [1.82, 2.24) is 9.47 Å². The Morgan fingerprint density at radius 2 is 1.82 bits per heavy atom. The zero-order valence-corrected chi connectivity index (χ0v) is 19.5. The van der Waals surface area contributed by atoms with Crippen molar-refractivity contribution >= 4 is 22.8 Å². The molecule has 33 heavy (non-hydrogen) atoms. The van der Waals surface area contributed by atoms with Crippen LogP contribution in [0.25, 0.3) is 10.9 Å². The van der Waals surface area contributed by atoms with Gasteiger partial charge in [-0.2, -0.15) is 0 Å². The minimum atomic E-state index is -0.801. The van der Waals surface area contributed by atoms with Crippen molar-refractivity contribution in [2.75, 3.05) is 7.05 Å². The predicted molar refractivity (Wildman–Crippen MR) is 129 cm³/mol. The van der Waals surface area contributed by atoms with Crippen LogP contribution in [-0.2, 0) is 29.0 Å². The number of carboxylic acids is 1. The van der Waals surface area contributed by atoms with Crippen molar-refractivity contribution in [1.29, 1.82) is 0 Å². The Balaban J connectivity index is 1.42. The maximum Gasteiger partial charge on any atom is 0.307 e. The van der Waals surface area contributed by atoms with E-state index >= 15 is 0 Å². The van der Waals surface area contributed by atoms with Gasteiger partial charge >= 0.3 is 5.97 Å². The van der Waals surface area contributed by atoms with Gasteiger partial charge < -0.3 is 14.6 Å². The molecule has 1 N–H and O–H groups in total. The number of aromatic nitrogens is 1. The molecule has 1 aliphatic heterocycles. The highest BCUT2D eigenvalue weighted by Crippen LogP contribution is 2.40. The Morgan fingerprint density at radius 3 is 2.52 bits per heavy atom. The van der Waals surface area contributed by atoms with E-state index in [1.807, 2.05) is 30.1 Å². The fourth-order valence-corrected chi connectivity index (χ4v) is 5.48. The number of para-hydroxylation sites is 1. The fraction of sp³-hybridized carbons (Fsp3) is 0.429. The second-order valence-corrected chi connectivity index (χ2v) is 9.91. The monoisotopic (exact) mass is 444 g/mol. The van der Waals surface area contributed by atoms with Gasteiger partial charge in [-0.25, -0.2) is 0 Å². The lowest BCUT2D eigenvalue weighted by Crippen LogP contribution is -2.44. The third-order valence-electron chi connectivity index (χ3n) is 7.57. The first-order valence-electron chi connectivity index (χ1n) is 12.1. The summed E-state index contributed by atoms with van der Waals surface area (Å²) in [5.41, 5.74) is 5.44. The average Bonchev–Trinajstić information content (AvgIpc) is 3.60. The smallest absolute Gasteiger partial charge is 0.307 e. The van der Waals surface area contributed by atoms with Crippen LogP contribution in [0.2, 0.25) is 0 Å². The fourth-order valence-electron chi connectivity index (χ4n) is 5.48. The van der Waals surface area contributed by atoms with Gasteiger partial charge in [-0.3, -0.25) is 9.59 Å². The molecule has 0 spiro atoms. The number of carboxylic acid groups (broad SMARTS) is 1. The molecule has 3 aromatic rings. The number of nitrogens with zero attached hydrogens (tertiary/aromatic N) is 2. The van der Waals surface area contributed by atoms with Crippen LogP contribution in [0.4, 0.5) is 0 Å². The van der Waals surface area contributed by atoms with Crippen LogP contribution in [0.1, 0.15) is 54.0 Å². The molecule has 1 saturated carbocycles. The van der Waals surface area contributed by atoms with Gasteiger partial charge in [0.25, 0.3) is 0 Å². The number of benzene rings is 2. The second kappa shape index (κ2) is 8.69. The molecular formula is C28H32N2O3. The summed E-state index contributed by atoms with van der Waals surface area (Å²) in [6, 6.07) is 16.6. The largest absolute Gasteiger partial charge is 0.481 e. The summed E-state index contributed by atoms with van der Waals surface area (Å²) in [7, 11) is 1.95. The second-order valence-electron chi connectivity index (χ2n) is 9.91. The quantitative estimate of drug-likeness (QED) is 0.562. The summed E-state index contributed by atoms with van der Waals surface area (Å²) in [5, 5.41) is 10.5. The maximum absolute atomic E-state index is 13.8. The SMILES string of the molecule is Cc1ccc(C(CC2CC2)C(=O)N(C)C2CCc3c(CC(=O)O)c4ccccc4n3C2)cc1. The van der Waals surface area contributed by atoms with E-state index in [4.69, 9.17) is 0 Å². The zero-order chi connectivity index (χ0) is 23.1. The number of hydrogen-bond acceptors (Lipinski definition) is 2. The number of fused-ring (bicyclic) bond motifs is 3. The Labute approximate surface area is 195 Å². The summed E-state index contributed by atoms with van der Waals surface area (Å²) < 4.78 is 2.26. The molecule has 2 unspecified atom stereocenters. The van der Waals surface area contributed by atoms with E-state index in [1.165, 1.54) is 18.4 Å². The molecule has 2 aliphatic rings. The molecule has 0 saturated heterocycles. The topological polar surface area (TPSA) is 62.5 Å². The van der Waals surface area contributed by atoms with Gasteiger partial charge in [-0.1, -0.05) is 60.9 Å². The Kier molecular flexibility index (Phi) is 5.73. The molecule has 5 nitrogen and oxygen atoms in total. The van der Waals surface area contributed by atoms with E-state index in [0.29, 0.717) is 12.5 Å². The standard InChI is InChI=1S/C28H32N2O3/c1-18-7-11-20(12-8-18)23(15-19-9-10-19)28(33)29(2)21-13-14-26-24(16-27(31)32)22-5-3-4-6-25(22)30(26)17-21/h3-8,11-12,19,21,23H,9-10,13-17H2,1-2H3,(H,31,32). The summed E-state index contributed by atoms with van der Waals surface area (Å²) in [6.45, 7) is 2.79. The van der Waals surface area contributed by atoms with Crippen molar-refractivity contribution < 1.29 is 14.7 Å². The molecule has 1 amide bonds. The van der Waals surface area contributed by atoms with Crippen molar-refractivity contribution in [3.8, 4) is 0 Å². The zero-order valence-electron chi connectivity index (χ0n) is 19.5. The highest BCUT2D eigenvalue weighted by Gasteiger charge is 2.35. The van der Waals surface area contributed by atoms with Gasteiger partial charge in [0, 0.05) is 36.2 Å². The molecular weight excluding hydrogens is 412 g/mol. The van der Waals surface area contributed by atoms with E-state index in [-0.39, 0.29) is 24.3 Å². The lowest BCUT2D eigenvalue weighted by molar-refractivity contribution is -0.136. The van der Waals surface area contributed by atoms with E-state index in [1.54, 1.807) is 0 Å². The third kappa shape index (κ3) is 4.29. The molecule has 1 fully saturated rings. The minimum absolute atomic E-state index is 0.0408. The summed E-state index contributed by atoms with van der Waals surface area (Å²) in [6.07, 6.45) is 5.08. The molecule has 5 rings (SSSR count). The first-order chi connectivity index (χ1) is 15.9. The molecule has 2 atom stereocenters. The summed E-state index contributed by atoms with van der Waals surface area (Å²) >= 11 is 0. The normalized spacial score (nSPS) is 18.7. The number of aryl methyl sites for hydroxylation is 1. The molecule has 172 valence electrons. The van der Waals surface area contributed by atoms with Gasteiger partial charge in [-0.05, 0) is 49.3 Å². The van der Waals surface area contributed by atoms with Crippen LogP contribution in [0.5, 0.6) is 0 Å². The van der Waals surface area contributed by atoms with Gasteiger partial charge in [0.1, 0.15) is 0 Å². The van der Waals surface area contributed by atoms with Crippen molar-refractivity contribution in [3.05, 3.63) is 70.9 Å². The molecule has 1 aromatic heterocycles. The molecule has 5 heteroatoms. The molecule has 2 heterocycles. The number of rotatable bonds is 7. The van der Waals surface area contributed by atoms with Crippen molar-refractivity contribution in [2.45, 2.75) is 64.0 Å². The number of likely N-dealkylation sites (N-methyl/N-ethyl adjacent to an activating group) is 1. The highest BCUT2D eigenvalue weighted by molar-refractivity contribution is 5.89. The number of amides is 1. The number of aliphatic carboxylic acids is 1. The first kappa shape index (κ1) is 21.7. The number of hydrogen-bond donors (Lipinski definition) is 1. The van der Waals surface area contributed by atoms with Crippen LogP contribution in [0.15, 0.2) is 48.5 Å². The van der Waals surface area contributed by atoms with E-state index in [9.17, 15) is 14.7 Å². The van der Waals surface area contributed by atoms with E-state index < -0.39 is 5.97 Å². The lowest BCUT2D eigenvalue weighted by Gasteiger charge is -2.35. The third-order valence-corrected chi connectivity index (χ3v) is 7.57. The van der Waals surface area contributed by atoms with E-state index in [2.05, 4.69) is 41.8 Å². The molecule has 1 aliphatic carbocycles. The average molecular weight is 445 g/mol. The summed E-state index contributed by atoms with van der Waals surface area (Å²) in [4.78, 5) is 27.2. The van der Waals surface area contributed by atoms with Gasteiger partial charge in [0.2, 0.25) is 5.91 Å². The Bertz CT molecular complexity index is 1190. The van der Waals surface area contributed by atoms with Crippen LogP contribution >= 0.6 is 0 Å². The maximum atomic E-state index is 13.8. The Hall–Kier alpha value is -3.08. The predicted octanol–water partition coefficient (Wildman–Crippen LogP) is 4.93. The van der Waals surface area contributed by atoms with Crippen molar-refractivity contribution in [3.63, 3.8) is 0 Å². The van der Waals surface area contributed by atoms with Gasteiger partial charge in [0.05, 0.1) is 12.3 Å². The van der Waals surface area contributed by atoms with E-state index in [0.717, 1.165) is 47.0 Å². The number of carbonyl (C=O) groups excluding carboxylic acids is 1. The summed E-state index contributed by atoms with van der Waals surface area (Å²) in [5.74, 6) is -0.0157. The van der Waals surface area contributed by atoms with Crippen LogP contribution in [0.3, 0.4) is 0 Å². The molecule has 0 radical (unpaired) electrons. The number of carbonyl (C=O) groups is 2. The van der Waals surface area contributed by atoms with Crippen LogP contribution in [0, 0.1) is 12.8 Å². The molecule has 0 bridgehead atoms. The van der Waals surface area contributed by atoms with Crippen molar-refractivity contribution in [2.24, 2.45) is 5.92 Å². The first-order valence-corrected chi connectivity index (χ1v) is 12.1. The highest BCUT2D eigenvalue weighted by atomic mass is 16.4. The lowest BCUT2D eigenvalue weighted by atomic mass is 9.90. The Morgan fingerprint density at radius 1 is 1.09 bits per heavy atom. The van der Waals surface area contributed by atoms with Crippen LogP contribution < -0.4 is 0 Å².